The molecule has 1 aromatic carbocycles. The van der Waals surface area contributed by atoms with E-state index in [2.05, 4.69) is 20.9 Å². The van der Waals surface area contributed by atoms with E-state index in [4.69, 9.17) is 28.7 Å². The summed E-state index contributed by atoms with van der Waals surface area (Å²) in [6, 6.07) is 0.867. The number of guanidine groups is 1. The third kappa shape index (κ3) is 14.0. The molecule has 4 unspecified atom stereocenters. The molecule has 0 aliphatic rings. The van der Waals surface area contributed by atoms with Crippen molar-refractivity contribution in [2.75, 3.05) is 13.1 Å². The van der Waals surface area contributed by atoms with Crippen molar-refractivity contribution in [1.82, 2.24) is 16.0 Å². The van der Waals surface area contributed by atoms with Crippen molar-refractivity contribution in [2.45, 2.75) is 69.1 Å². The predicted octanol–water partition coefficient (Wildman–Crippen LogP) is -3.14. The highest BCUT2D eigenvalue weighted by atomic mass is 16.4. The number of rotatable bonds is 19. The van der Waals surface area contributed by atoms with Crippen LogP contribution in [0.15, 0.2) is 29.3 Å². The Balaban J connectivity index is 3.14. The van der Waals surface area contributed by atoms with Gasteiger partial charge in [-0.25, -0.2) is 4.79 Å². The minimum atomic E-state index is -1.30. The van der Waals surface area contributed by atoms with Crippen LogP contribution in [0.2, 0.25) is 0 Å². The van der Waals surface area contributed by atoms with Gasteiger partial charge in [0.15, 0.2) is 5.96 Å². The fourth-order valence-electron chi connectivity index (χ4n) is 3.73. The van der Waals surface area contributed by atoms with Crippen LogP contribution in [0.4, 0.5) is 0 Å². The van der Waals surface area contributed by atoms with Crippen LogP contribution in [0.1, 0.15) is 44.1 Å². The summed E-state index contributed by atoms with van der Waals surface area (Å²) in [4.78, 5) is 65.8. The molecule has 0 aromatic heterocycles. The lowest BCUT2D eigenvalue weighted by Gasteiger charge is -2.25. The van der Waals surface area contributed by atoms with E-state index >= 15 is 0 Å². The molecule has 1 aromatic rings. The fourth-order valence-corrected chi connectivity index (χ4v) is 3.73. The SMILES string of the molecule is NCCCCC(NC(=O)C(N)CC(N)=O)C(=O)NC(Cc1ccc(O)cc1)C(=O)NC(CCCN=C(N)N)C(=O)O. The second kappa shape index (κ2) is 18.0. The number of benzene rings is 1. The smallest absolute Gasteiger partial charge is 0.326 e. The lowest BCUT2D eigenvalue weighted by atomic mass is 10.0. The first-order chi connectivity index (χ1) is 19.3. The molecule has 0 spiro atoms. The van der Waals surface area contributed by atoms with E-state index in [9.17, 15) is 34.2 Å². The van der Waals surface area contributed by atoms with Gasteiger partial charge in [-0.2, -0.15) is 0 Å². The quantitative estimate of drug-likeness (QED) is 0.0443. The number of unbranched alkanes of at least 4 members (excludes halogenated alkanes) is 1. The minimum absolute atomic E-state index is 0.00719. The van der Waals surface area contributed by atoms with Crippen molar-refractivity contribution in [1.29, 1.82) is 0 Å². The summed E-state index contributed by atoms with van der Waals surface area (Å²) < 4.78 is 0. The van der Waals surface area contributed by atoms with E-state index in [1.165, 1.54) is 24.3 Å². The topological polar surface area (TPSA) is 304 Å². The van der Waals surface area contributed by atoms with Crippen molar-refractivity contribution in [3.63, 3.8) is 0 Å². The number of nitrogens with two attached hydrogens (primary N) is 5. The molecule has 41 heavy (non-hydrogen) atoms. The summed E-state index contributed by atoms with van der Waals surface area (Å²) in [5.74, 6) is -4.58. The largest absolute Gasteiger partial charge is 0.508 e. The molecule has 0 aliphatic heterocycles. The van der Waals surface area contributed by atoms with Crippen LogP contribution in [0, 0.1) is 0 Å². The number of nitrogens with zero attached hydrogens (tertiary/aromatic N) is 1. The average molecular weight is 580 g/mol. The van der Waals surface area contributed by atoms with Gasteiger partial charge in [0.05, 0.1) is 12.5 Å². The van der Waals surface area contributed by atoms with Gasteiger partial charge in [0, 0.05) is 13.0 Å². The standard InChI is InChI=1S/C25H41N9O7/c26-10-2-1-4-17(32-21(37)16(27)13-20(28)36)22(38)34-19(12-14-6-8-15(35)9-7-14)23(39)33-18(24(40)41)5-3-11-31-25(29)30/h6-9,16-19,35H,1-5,10-13,26-27H2,(H2,28,36)(H,32,37)(H,33,39)(H,34,38)(H,40,41)(H4,29,30,31). The molecular weight excluding hydrogens is 538 g/mol. The average Bonchev–Trinajstić information content (AvgIpc) is 2.89. The van der Waals surface area contributed by atoms with Crippen molar-refractivity contribution >= 4 is 35.6 Å². The maximum Gasteiger partial charge on any atom is 0.326 e. The number of carbonyl (C=O) groups excluding carboxylic acids is 4. The van der Waals surface area contributed by atoms with E-state index in [1.807, 2.05) is 0 Å². The van der Waals surface area contributed by atoms with E-state index in [0.29, 0.717) is 24.9 Å². The number of carboxylic acids is 1. The summed E-state index contributed by atoms with van der Waals surface area (Å²) in [6.07, 6.45) is 0.903. The second-order valence-corrected chi connectivity index (χ2v) is 9.40. The van der Waals surface area contributed by atoms with Crippen molar-refractivity contribution in [3.8, 4) is 5.75 Å². The molecule has 0 saturated carbocycles. The molecule has 0 heterocycles. The Morgan fingerprint density at radius 1 is 0.805 bits per heavy atom. The molecular formula is C25H41N9O7. The van der Waals surface area contributed by atoms with Crippen LogP contribution in [-0.4, -0.2) is 83.0 Å². The van der Waals surface area contributed by atoms with Gasteiger partial charge in [-0.3, -0.25) is 24.2 Å². The number of aliphatic imine (C=N–C) groups is 1. The number of carbonyl (C=O) groups is 5. The van der Waals surface area contributed by atoms with Crippen LogP contribution in [0.5, 0.6) is 5.75 Å². The third-order valence-electron chi connectivity index (χ3n) is 5.91. The molecule has 0 radical (unpaired) electrons. The van der Waals surface area contributed by atoms with Crippen LogP contribution < -0.4 is 44.6 Å². The number of carboxylic acid groups (broad SMARTS) is 1. The van der Waals surface area contributed by atoms with Crippen LogP contribution in [0.25, 0.3) is 0 Å². The maximum absolute atomic E-state index is 13.3. The van der Waals surface area contributed by atoms with Crippen molar-refractivity contribution in [2.24, 2.45) is 33.7 Å². The zero-order valence-corrected chi connectivity index (χ0v) is 22.8. The fraction of sp³-hybridized carbons (Fsp3) is 0.520. The van der Waals surface area contributed by atoms with Crippen molar-refractivity contribution < 1.29 is 34.2 Å². The lowest BCUT2D eigenvalue weighted by molar-refractivity contribution is -0.142. The molecule has 15 N–H and O–H groups in total. The van der Waals surface area contributed by atoms with Crippen LogP contribution in [-0.2, 0) is 30.4 Å². The normalized spacial score (nSPS) is 13.6. The first-order valence-corrected chi connectivity index (χ1v) is 13.0. The van der Waals surface area contributed by atoms with Crippen molar-refractivity contribution in [3.05, 3.63) is 29.8 Å². The summed E-state index contributed by atoms with van der Waals surface area (Å²) in [6.45, 7) is 0.493. The molecule has 1 rings (SSSR count). The highest BCUT2D eigenvalue weighted by molar-refractivity contribution is 5.95. The van der Waals surface area contributed by atoms with Gasteiger partial charge in [0.25, 0.3) is 0 Å². The molecule has 4 amide bonds. The predicted molar refractivity (Wildman–Crippen MR) is 150 cm³/mol. The van der Waals surface area contributed by atoms with Gasteiger partial charge < -0.3 is 54.8 Å². The molecule has 228 valence electrons. The third-order valence-corrected chi connectivity index (χ3v) is 5.91. The number of phenols is 1. The number of hydrogen-bond acceptors (Lipinski definition) is 9. The Morgan fingerprint density at radius 3 is 1.93 bits per heavy atom. The molecule has 0 fully saturated rings. The summed E-state index contributed by atoms with van der Waals surface area (Å²) in [7, 11) is 0. The lowest BCUT2D eigenvalue weighted by Crippen LogP contribution is -2.57. The first-order valence-electron chi connectivity index (χ1n) is 13.0. The molecule has 0 aliphatic carbocycles. The maximum atomic E-state index is 13.3. The van der Waals surface area contributed by atoms with E-state index in [0.717, 1.165) is 0 Å². The number of phenolic OH excluding ortho intramolecular Hbond substituents is 1. The Labute approximate surface area is 237 Å². The first kappa shape index (κ1) is 34.6. The van der Waals surface area contributed by atoms with Gasteiger partial charge in [-0.15, -0.1) is 0 Å². The Bertz CT molecular complexity index is 1060. The molecule has 4 atom stereocenters. The van der Waals surface area contributed by atoms with Crippen LogP contribution in [0.3, 0.4) is 0 Å². The van der Waals surface area contributed by atoms with Crippen LogP contribution >= 0.6 is 0 Å². The van der Waals surface area contributed by atoms with E-state index in [-0.39, 0.29) is 43.9 Å². The van der Waals surface area contributed by atoms with Gasteiger partial charge >= 0.3 is 5.97 Å². The van der Waals surface area contributed by atoms with E-state index in [1.54, 1.807) is 0 Å². The number of aromatic hydroxyl groups is 1. The van der Waals surface area contributed by atoms with Gasteiger partial charge in [-0.05, 0) is 56.3 Å². The monoisotopic (exact) mass is 579 g/mol. The number of amides is 4. The molecule has 0 saturated heterocycles. The zero-order chi connectivity index (χ0) is 30.9. The summed E-state index contributed by atoms with van der Waals surface area (Å²) in [5.41, 5.74) is 27.5. The highest BCUT2D eigenvalue weighted by Gasteiger charge is 2.30. The zero-order valence-electron chi connectivity index (χ0n) is 22.8. The number of primary amides is 1. The van der Waals surface area contributed by atoms with Gasteiger partial charge in [0.2, 0.25) is 23.6 Å². The Morgan fingerprint density at radius 2 is 1.37 bits per heavy atom. The Kier molecular flexibility index (Phi) is 15.2. The molecule has 16 heteroatoms. The Hall–Kier alpha value is -4.44. The van der Waals surface area contributed by atoms with Gasteiger partial charge in [-0.1, -0.05) is 12.1 Å². The number of hydrogen-bond donors (Lipinski definition) is 10. The molecule has 16 nitrogen and oxygen atoms in total. The second-order valence-electron chi connectivity index (χ2n) is 9.40. The summed E-state index contributed by atoms with van der Waals surface area (Å²) in [5, 5.41) is 26.7. The van der Waals surface area contributed by atoms with E-state index < -0.39 is 60.2 Å². The number of aliphatic carboxylic acids is 1. The minimum Gasteiger partial charge on any atom is -0.508 e. The molecule has 0 bridgehead atoms. The highest BCUT2D eigenvalue weighted by Crippen LogP contribution is 2.13. The number of nitrogens with one attached hydrogen (secondary N) is 3. The van der Waals surface area contributed by atoms with Gasteiger partial charge in [0.1, 0.15) is 23.9 Å². The summed E-state index contributed by atoms with van der Waals surface area (Å²) >= 11 is 0.